The van der Waals surface area contributed by atoms with Crippen LogP contribution in [0.5, 0.6) is 0 Å². The van der Waals surface area contributed by atoms with Crippen molar-refractivity contribution in [3.63, 3.8) is 0 Å². The maximum Gasteiger partial charge on any atom is 0.237 e. The molecule has 19 heavy (non-hydrogen) atoms. The van der Waals surface area contributed by atoms with E-state index in [-0.39, 0.29) is 17.5 Å². The number of hydrogen-bond donors (Lipinski definition) is 2. The second-order valence-electron chi connectivity index (χ2n) is 6.70. The molecule has 1 unspecified atom stereocenters. The third-order valence-electron chi connectivity index (χ3n) is 3.76. The highest BCUT2D eigenvalue weighted by Gasteiger charge is 2.28. The second kappa shape index (κ2) is 7.25. The van der Waals surface area contributed by atoms with Crippen molar-refractivity contribution in [1.82, 2.24) is 15.5 Å². The van der Waals surface area contributed by atoms with Crippen molar-refractivity contribution < 1.29 is 4.79 Å². The van der Waals surface area contributed by atoms with Crippen molar-refractivity contribution in [1.29, 1.82) is 0 Å². The van der Waals surface area contributed by atoms with Crippen LogP contribution in [0.15, 0.2) is 0 Å². The Morgan fingerprint density at radius 1 is 1.32 bits per heavy atom. The standard InChI is InChI=1S/C15H31N3O/c1-6-16-11-13-7-9-18(10-8-13)12(2)14(19)17-15(3,4)5/h12-13,16H,6-11H2,1-5H3,(H,17,19). The van der Waals surface area contributed by atoms with Crippen LogP contribution in [-0.4, -0.2) is 48.6 Å². The summed E-state index contributed by atoms with van der Waals surface area (Å²) in [5.41, 5.74) is -0.144. The number of likely N-dealkylation sites (tertiary alicyclic amines) is 1. The van der Waals surface area contributed by atoms with Gasteiger partial charge in [0.05, 0.1) is 6.04 Å². The second-order valence-corrected chi connectivity index (χ2v) is 6.70. The third kappa shape index (κ3) is 5.91. The summed E-state index contributed by atoms with van der Waals surface area (Å²) >= 11 is 0. The molecule has 0 aliphatic carbocycles. The molecule has 0 aromatic carbocycles. The maximum absolute atomic E-state index is 12.1. The molecule has 0 bridgehead atoms. The number of nitrogens with zero attached hydrogens (tertiary/aromatic N) is 1. The summed E-state index contributed by atoms with van der Waals surface area (Å²) in [5, 5.41) is 6.49. The van der Waals surface area contributed by atoms with E-state index in [1.807, 2.05) is 27.7 Å². The SMILES string of the molecule is CCNCC1CCN(C(C)C(=O)NC(C)(C)C)CC1. The van der Waals surface area contributed by atoms with Gasteiger partial charge < -0.3 is 10.6 Å². The van der Waals surface area contributed by atoms with Crippen molar-refractivity contribution in [2.45, 2.75) is 59.0 Å². The van der Waals surface area contributed by atoms with Gasteiger partial charge in [0, 0.05) is 5.54 Å². The molecule has 0 aromatic rings. The van der Waals surface area contributed by atoms with E-state index in [1.54, 1.807) is 0 Å². The molecule has 0 spiro atoms. The average molecular weight is 269 g/mol. The minimum atomic E-state index is -0.144. The molecule has 1 heterocycles. The zero-order chi connectivity index (χ0) is 14.5. The van der Waals surface area contributed by atoms with Gasteiger partial charge in [-0.3, -0.25) is 9.69 Å². The summed E-state index contributed by atoms with van der Waals surface area (Å²) in [6.07, 6.45) is 2.39. The predicted octanol–water partition coefficient (Wildman–Crippen LogP) is 1.61. The number of rotatable bonds is 5. The van der Waals surface area contributed by atoms with Gasteiger partial charge in [0.15, 0.2) is 0 Å². The lowest BCUT2D eigenvalue weighted by Crippen LogP contribution is -2.53. The fourth-order valence-electron chi connectivity index (χ4n) is 2.53. The fraction of sp³-hybridized carbons (Fsp3) is 0.933. The molecule has 1 saturated heterocycles. The van der Waals surface area contributed by atoms with E-state index in [1.165, 1.54) is 12.8 Å². The van der Waals surface area contributed by atoms with Gasteiger partial charge in [-0.05, 0) is 72.6 Å². The van der Waals surface area contributed by atoms with Crippen LogP contribution in [0.1, 0.15) is 47.5 Å². The number of carbonyl (C=O) groups excluding carboxylic acids is 1. The molecule has 1 atom stereocenters. The normalized spacial score (nSPS) is 20.3. The Labute approximate surface area is 118 Å². The highest BCUT2D eigenvalue weighted by Crippen LogP contribution is 2.18. The van der Waals surface area contributed by atoms with Gasteiger partial charge in [-0.2, -0.15) is 0 Å². The average Bonchev–Trinajstić information content (AvgIpc) is 2.34. The zero-order valence-corrected chi connectivity index (χ0v) is 13.3. The van der Waals surface area contributed by atoms with Crippen molar-refractivity contribution in [2.75, 3.05) is 26.2 Å². The van der Waals surface area contributed by atoms with E-state index in [9.17, 15) is 4.79 Å². The molecular formula is C15H31N3O. The monoisotopic (exact) mass is 269 g/mol. The first-order chi connectivity index (χ1) is 8.83. The molecule has 2 N–H and O–H groups in total. The Balaban J connectivity index is 2.36. The van der Waals surface area contributed by atoms with Gasteiger partial charge in [0.25, 0.3) is 0 Å². The van der Waals surface area contributed by atoms with Crippen LogP contribution in [0.25, 0.3) is 0 Å². The van der Waals surface area contributed by atoms with Gasteiger partial charge in [0.1, 0.15) is 0 Å². The van der Waals surface area contributed by atoms with Crippen LogP contribution >= 0.6 is 0 Å². The van der Waals surface area contributed by atoms with Crippen LogP contribution < -0.4 is 10.6 Å². The van der Waals surface area contributed by atoms with E-state index in [2.05, 4.69) is 22.5 Å². The topological polar surface area (TPSA) is 44.4 Å². The van der Waals surface area contributed by atoms with Crippen LogP contribution in [-0.2, 0) is 4.79 Å². The molecule has 0 saturated carbocycles. The highest BCUT2D eigenvalue weighted by molar-refractivity contribution is 5.81. The van der Waals surface area contributed by atoms with Gasteiger partial charge >= 0.3 is 0 Å². The molecular weight excluding hydrogens is 238 g/mol. The molecule has 4 nitrogen and oxygen atoms in total. The summed E-state index contributed by atoms with van der Waals surface area (Å²) in [5.74, 6) is 0.923. The predicted molar refractivity (Wildman–Crippen MR) is 80.2 cm³/mol. The minimum Gasteiger partial charge on any atom is -0.350 e. The summed E-state index contributed by atoms with van der Waals surface area (Å²) < 4.78 is 0. The van der Waals surface area contributed by atoms with Crippen molar-refractivity contribution >= 4 is 5.91 Å². The van der Waals surface area contributed by atoms with E-state index in [4.69, 9.17) is 0 Å². The van der Waals surface area contributed by atoms with E-state index in [0.29, 0.717) is 0 Å². The summed E-state index contributed by atoms with van der Waals surface area (Å²) in [7, 11) is 0. The number of piperidine rings is 1. The molecule has 1 aliphatic rings. The number of carbonyl (C=O) groups is 1. The maximum atomic E-state index is 12.1. The van der Waals surface area contributed by atoms with Gasteiger partial charge in [-0.15, -0.1) is 0 Å². The lowest BCUT2D eigenvalue weighted by molar-refractivity contribution is -0.127. The van der Waals surface area contributed by atoms with Crippen molar-refractivity contribution in [3.8, 4) is 0 Å². The highest BCUT2D eigenvalue weighted by atomic mass is 16.2. The lowest BCUT2D eigenvalue weighted by atomic mass is 9.95. The van der Waals surface area contributed by atoms with Gasteiger partial charge in [-0.25, -0.2) is 0 Å². The van der Waals surface area contributed by atoms with Crippen molar-refractivity contribution in [3.05, 3.63) is 0 Å². The van der Waals surface area contributed by atoms with Gasteiger partial charge in [-0.1, -0.05) is 6.92 Å². The minimum absolute atomic E-state index is 0.0145. The van der Waals surface area contributed by atoms with Crippen LogP contribution in [0, 0.1) is 5.92 Å². The van der Waals surface area contributed by atoms with Crippen LogP contribution in [0.3, 0.4) is 0 Å². The molecule has 0 radical (unpaired) electrons. The first-order valence-corrected chi connectivity index (χ1v) is 7.60. The largest absolute Gasteiger partial charge is 0.350 e. The van der Waals surface area contributed by atoms with Crippen molar-refractivity contribution in [2.24, 2.45) is 5.92 Å². The number of amides is 1. The van der Waals surface area contributed by atoms with Gasteiger partial charge in [0.2, 0.25) is 5.91 Å². The van der Waals surface area contributed by atoms with Crippen LogP contribution in [0.4, 0.5) is 0 Å². The summed E-state index contributed by atoms with van der Waals surface area (Å²) in [6.45, 7) is 14.5. The van der Waals surface area contributed by atoms with E-state index in [0.717, 1.165) is 32.1 Å². The van der Waals surface area contributed by atoms with E-state index < -0.39 is 0 Å². The molecule has 1 aliphatic heterocycles. The first kappa shape index (κ1) is 16.4. The molecule has 1 fully saturated rings. The molecule has 112 valence electrons. The molecule has 1 amide bonds. The quantitative estimate of drug-likeness (QED) is 0.797. The molecule has 1 rings (SSSR count). The smallest absolute Gasteiger partial charge is 0.237 e. The third-order valence-corrected chi connectivity index (χ3v) is 3.76. The molecule has 0 aromatic heterocycles. The Hall–Kier alpha value is -0.610. The Bertz CT molecular complexity index is 278. The Morgan fingerprint density at radius 2 is 1.89 bits per heavy atom. The number of nitrogens with one attached hydrogen (secondary N) is 2. The Morgan fingerprint density at radius 3 is 2.37 bits per heavy atom. The fourth-order valence-corrected chi connectivity index (χ4v) is 2.53. The van der Waals surface area contributed by atoms with Crippen LogP contribution in [0.2, 0.25) is 0 Å². The summed E-state index contributed by atoms with van der Waals surface area (Å²) in [4.78, 5) is 14.5. The lowest BCUT2D eigenvalue weighted by Gasteiger charge is -2.36. The Kier molecular flexibility index (Phi) is 6.27. The first-order valence-electron chi connectivity index (χ1n) is 7.60. The number of hydrogen-bond acceptors (Lipinski definition) is 3. The van der Waals surface area contributed by atoms with E-state index >= 15 is 0 Å². The summed E-state index contributed by atoms with van der Waals surface area (Å²) in [6, 6.07) is -0.0145. The molecule has 4 heteroatoms. The zero-order valence-electron chi connectivity index (χ0n) is 13.3.